The summed E-state index contributed by atoms with van der Waals surface area (Å²) in [4.78, 5) is 0. The first-order valence-corrected chi connectivity index (χ1v) is 9.93. The summed E-state index contributed by atoms with van der Waals surface area (Å²) >= 11 is 5.97. The van der Waals surface area contributed by atoms with Crippen LogP contribution in [0.2, 0.25) is 5.02 Å². The zero-order valence-electron chi connectivity index (χ0n) is 16.1. The molecule has 0 bridgehead atoms. The molecule has 1 saturated heterocycles. The van der Waals surface area contributed by atoms with Crippen LogP contribution in [0, 0.1) is 6.92 Å². The molecule has 2 aromatic rings. The van der Waals surface area contributed by atoms with Crippen LogP contribution in [0.1, 0.15) is 49.8 Å². The number of hydrogen-bond donors (Lipinski definition) is 1. The van der Waals surface area contributed by atoms with Crippen molar-refractivity contribution in [2.45, 2.75) is 57.6 Å². The minimum absolute atomic E-state index is 0.0701. The number of nitrogens with one attached hydrogen (secondary N) is 1. The molecule has 1 aliphatic rings. The van der Waals surface area contributed by atoms with Gasteiger partial charge in [-0.3, -0.25) is 0 Å². The molecule has 0 aromatic heterocycles. The summed E-state index contributed by atoms with van der Waals surface area (Å²) in [6.45, 7) is 9.29. The van der Waals surface area contributed by atoms with Gasteiger partial charge in [0.05, 0.1) is 5.60 Å². The van der Waals surface area contributed by atoms with Crippen molar-refractivity contribution in [1.82, 2.24) is 5.32 Å². The van der Waals surface area contributed by atoms with Gasteiger partial charge in [0.15, 0.2) is 0 Å². The van der Waals surface area contributed by atoms with E-state index in [1.165, 1.54) is 16.7 Å². The Bertz CT molecular complexity index is 708. The highest BCUT2D eigenvalue weighted by Gasteiger charge is 2.41. The Morgan fingerprint density at radius 2 is 1.73 bits per heavy atom. The first-order chi connectivity index (χ1) is 12.4. The van der Waals surface area contributed by atoms with Crippen LogP contribution in [0.3, 0.4) is 0 Å². The quantitative estimate of drug-likeness (QED) is 0.662. The van der Waals surface area contributed by atoms with Crippen molar-refractivity contribution >= 4 is 11.6 Å². The molecule has 3 rings (SSSR count). The van der Waals surface area contributed by atoms with Gasteiger partial charge in [0.2, 0.25) is 0 Å². The smallest absolute Gasteiger partial charge is 0.0635 e. The van der Waals surface area contributed by atoms with E-state index in [0.717, 1.165) is 44.0 Å². The van der Waals surface area contributed by atoms with Crippen molar-refractivity contribution in [3.63, 3.8) is 0 Å². The van der Waals surface area contributed by atoms with Gasteiger partial charge in [-0.2, -0.15) is 0 Å². The third-order valence-corrected chi connectivity index (χ3v) is 5.78. The van der Waals surface area contributed by atoms with Gasteiger partial charge in [-0.15, -0.1) is 0 Å². The van der Waals surface area contributed by atoms with E-state index in [9.17, 15) is 0 Å². The number of rotatable bonds is 6. The fraction of sp³-hybridized carbons (Fsp3) is 0.478. The lowest BCUT2D eigenvalue weighted by Crippen LogP contribution is -2.45. The van der Waals surface area contributed by atoms with Crippen molar-refractivity contribution in [3.8, 4) is 0 Å². The lowest BCUT2D eigenvalue weighted by Gasteiger charge is -2.45. The molecule has 0 saturated carbocycles. The van der Waals surface area contributed by atoms with E-state index in [0.29, 0.717) is 0 Å². The fourth-order valence-corrected chi connectivity index (χ4v) is 4.28. The van der Waals surface area contributed by atoms with Crippen LogP contribution in [0.5, 0.6) is 0 Å². The maximum atomic E-state index is 6.02. The minimum Gasteiger partial charge on any atom is -0.376 e. The Balaban J connectivity index is 1.68. The first-order valence-electron chi connectivity index (χ1n) is 9.55. The summed E-state index contributed by atoms with van der Waals surface area (Å²) < 4.78 is 6.02. The zero-order chi connectivity index (χ0) is 18.6. The van der Waals surface area contributed by atoms with E-state index < -0.39 is 0 Å². The van der Waals surface area contributed by atoms with Crippen molar-refractivity contribution in [1.29, 1.82) is 0 Å². The molecule has 26 heavy (non-hydrogen) atoms. The second kappa shape index (κ2) is 8.12. The number of ether oxygens (including phenoxy) is 1. The predicted molar refractivity (Wildman–Crippen MR) is 110 cm³/mol. The zero-order valence-corrected chi connectivity index (χ0v) is 16.9. The van der Waals surface area contributed by atoms with Crippen molar-refractivity contribution in [2.24, 2.45) is 0 Å². The Hall–Kier alpha value is -1.35. The van der Waals surface area contributed by atoms with Crippen molar-refractivity contribution in [3.05, 3.63) is 70.2 Å². The number of halogens is 1. The molecule has 1 N–H and O–H groups in total. The highest BCUT2D eigenvalue weighted by atomic mass is 35.5. The lowest BCUT2D eigenvalue weighted by atomic mass is 9.67. The van der Waals surface area contributed by atoms with E-state index in [1.807, 2.05) is 12.1 Å². The topological polar surface area (TPSA) is 21.3 Å². The average Bonchev–Trinajstić information content (AvgIpc) is 2.60. The maximum absolute atomic E-state index is 6.02. The number of aryl methyl sites for hydroxylation is 1. The summed E-state index contributed by atoms with van der Waals surface area (Å²) in [5, 5.41) is 4.41. The van der Waals surface area contributed by atoms with Crippen molar-refractivity contribution < 1.29 is 4.74 Å². The fourth-order valence-electron chi connectivity index (χ4n) is 4.15. The van der Waals surface area contributed by atoms with Crippen LogP contribution in [0.25, 0.3) is 0 Å². The lowest BCUT2D eigenvalue weighted by molar-refractivity contribution is -0.0840. The summed E-state index contributed by atoms with van der Waals surface area (Å²) in [5.74, 6) is 0. The molecule has 3 heteroatoms. The van der Waals surface area contributed by atoms with Crippen LogP contribution >= 0.6 is 11.6 Å². The second-order valence-electron chi connectivity index (χ2n) is 8.23. The molecule has 140 valence electrons. The average molecular weight is 372 g/mol. The number of benzene rings is 2. The molecule has 2 aromatic carbocycles. The molecule has 1 unspecified atom stereocenters. The van der Waals surface area contributed by atoms with E-state index >= 15 is 0 Å². The van der Waals surface area contributed by atoms with E-state index in [4.69, 9.17) is 16.3 Å². The maximum Gasteiger partial charge on any atom is 0.0635 e. The van der Waals surface area contributed by atoms with Crippen molar-refractivity contribution in [2.75, 3.05) is 13.2 Å². The van der Waals surface area contributed by atoms with Gasteiger partial charge in [-0.05, 0) is 69.8 Å². The molecule has 1 fully saturated rings. The monoisotopic (exact) mass is 371 g/mol. The molecule has 0 amide bonds. The SMILES string of the molecule is Cc1ccc(C2(CCNCc3ccc(Cl)cc3)CCOC(C)(C)C2)cc1. The highest BCUT2D eigenvalue weighted by molar-refractivity contribution is 6.30. The van der Waals surface area contributed by atoms with Gasteiger partial charge < -0.3 is 10.1 Å². The molecule has 1 atom stereocenters. The van der Waals surface area contributed by atoms with Crippen LogP contribution < -0.4 is 5.32 Å². The van der Waals surface area contributed by atoms with Gasteiger partial charge in [-0.1, -0.05) is 53.6 Å². The largest absolute Gasteiger partial charge is 0.376 e. The molecule has 0 spiro atoms. The molecule has 2 nitrogen and oxygen atoms in total. The Labute approximate surface area is 162 Å². The van der Waals surface area contributed by atoms with Crippen LogP contribution in [0.4, 0.5) is 0 Å². The molecule has 0 aliphatic carbocycles. The summed E-state index contributed by atoms with van der Waals surface area (Å²) in [6, 6.07) is 17.2. The standard InChI is InChI=1S/C23H30ClNO/c1-18-4-8-20(9-5-18)23(13-15-26-22(2,3)17-23)12-14-25-16-19-6-10-21(24)11-7-19/h4-11,25H,12-17H2,1-3H3. The van der Waals surface area contributed by atoms with E-state index in [2.05, 4.69) is 62.5 Å². The van der Waals surface area contributed by atoms with Gasteiger partial charge in [0.1, 0.15) is 0 Å². The summed E-state index contributed by atoms with van der Waals surface area (Å²) in [5.41, 5.74) is 4.15. The van der Waals surface area contributed by atoms with E-state index in [-0.39, 0.29) is 11.0 Å². The normalized spacial score (nSPS) is 22.3. The van der Waals surface area contributed by atoms with Gasteiger partial charge in [0.25, 0.3) is 0 Å². The summed E-state index contributed by atoms with van der Waals surface area (Å²) in [6.07, 6.45) is 3.27. The molecule has 0 radical (unpaired) electrons. The third-order valence-electron chi connectivity index (χ3n) is 5.52. The Kier molecular flexibility index (Phi) is 6.06. The third kappa shape index (κ3) is 4.88. The molecular weight excluding hydrogens is 342 g/mol. The number of hydrogen-bond acceptors (Lipinski definition) is 2. The minimum atomic E-state index is -0.0701. The Morgan fingerprint density at radius 1 is 1.04 bits per heavy atom. The van der Waals surface area contributed by atoms with Crippen LogP contribution in [0.15, 0.2) is 48.5 Å². The predicted octanol–water partition coefficient (Wildman–Crippen LogP) is 5.66. The molecule has 1 aliphatic heterocycles. The first kappa shape index (κ1) is 19.4. The van der Waals surface area contributed by atoms with Crippen LogP contribution in [-0.4, -0.2) is 18.8 Å². The highest BCUT2D eigenvalue weighted by Crippen LogP contribution is 2.43. The Morgan fingerprint density at radius 3 is 2.38 bits per heavy atom. The van der Waals surface area contributed by atoms with Gasteiger partial charge in [-0.25, -0.2) is 0 Å². The summed E-state index contributed by atoms with van der Waals surface area (Å²) in [7, 11) is 0. The van der Waals surface area contributed by atoms with Gasteiger partial charge in [0, 0.05) is 23.6 Å². The molecular formula is C23H30ClNO. The van der Waals surface area contributed by atoms with Crippen LogP contribution in [-0.2, 0) is 16.7 Å². The second-order valence-corrected chi connectivity index (χ2v) is 8.67. The van der Waals surface area contributed by atoms with E-state index in [1.54, 1.807) is 0 Å². The molecule has 1 heterocycles. The van der Waals surface area contributed by atoms with Gasteiger partial charge >= 0.3 is 0 Å².